The zero-order valence-electron chi connectivity index (χ0n) is 9.29. The molecule has 0 atom stereocenters. The van der Waals surface area contributed by atoms with Crippen LogP contribution in [-0.2, 0) is 11.2 Å². The lowest BCUT2D eigenvalue weighted by atomic mass is 10.0. The van der Waals surface area contributed by atoms with Gasteiger partial charge in [-0.25, -0.2) is 4.79 Å². The van der Waals surface area contributed by atoms with Gasteiger partial charge >= 0.3 is 11.9 Å². The van der Waals surface area contributed by atoms with Crippen LogP contribution in [0.3, 0.4) is 0 Å². The number of benzene rings is 1. The molecule has 0 aliphatic heterocycles. The lowest BCUT2D eigenvalue weighted by Crippen LogP contribution is -2.08. The largest absolute Gasteiger partial charge is 0.481 e. The van der Waals surface area contributed by atoms with Crippen molar-refractivity contribution in [3.8, 4) is 11.3 Å². The molecule has 5 heteroatoms. The molecule has 1 aromatic carbocycles. The highest BCUT2D eigenvalue weighted by atomic mass is 16.4. The van der Waals surface area contributed by atoms with Crippen LogP contribution in [0, 0.1) is 0 Å². The molecule has 0 amide bonds. The monoisotopic (exact) mass is 246 g/mol. The van der Waals surface area contributed by atoms with E-state index in [2.05, 4.69) is 0 Å². The van der Waals surface area contributed by atoms with Crippen molar-refractivity contribution in [2.24, 2.45) is 0 Å². The molecule has 0 bridgehead atoms. The molecular weight excluding hydrogens is 236 g/mol. The van der Waals surface area contributed by atoms with Crippen LogP contribution in [0.2, 0.25) is 0 Å². The van der Waals surface area contributed by atoms with Crippen LogP contribution in [0.1, 0.15) is 15.9 Å². The molecule has 92 valence electrons. The second kappa shape index (κ2) is 4.75. The van der Waals surface area contributed by atoms with E-state index in [9.17, 15) is 9.59 Å². The normalized spacial score (nSPS) is 10.2. The summed E-state index contributed by atoms with van der Waals surface area (Å²) in [6, 6.07) is 7.93. The van der Waals surface area contributed by atoms with Crippen LogP contribution in [0.15, 0.2) is 41.0 Å². The van der Waals surface area contributed by atoms with Crippen LogP contribution >= 0.6 is 0 Å². The van der Waals surface area contributed by atoms with Crippen LogP contribution < -0.4 is 0 Å². The Morgan fingerprint density at radius 1 is 1.17 bits per heavy atom. The van der Waals surface area contributed by atoms with Crippen LogP contribution in [0.5, 0.6) is 0 Å². The number of carboxylic acids is 2. The molecule has 1 heterocycles. The van der Waals surface area contributed by atoms with Crippen molar-refractivity contribution in [2.45, 2.75) is 6.42 Å². The fraction of sp³-hybridized carbons (Fsp3) is 0.0769. The summed E-state index contributed by atoms with van der Waals surface area (Å²) in [6.45, 7) is 0. The van der Waals surface area contributed by atoms with Crippen molar-refractivity contribution < 1.29 is 24.2 Å². The first-order chi connectivity index (χ1) is 8.58. The standard InChI is InChI=1S/C13H10O5/c14-12(15)7-9-6-8(11-2-1-5-18-11)3-4-10(9)13(16)17/h1-6H,7H2,(H,14,15)(H,16,17). The van der Waals surface area contributed by atoms with Gasteiger partial charge < -0.3 is 14.6 Å². The summed E-state index contributed by atoms with van der Waals surface area (Å²) in [5.41, 5.74) is 0.901. The van der Waals surface area contributed by atoms with Crippen molar-refractivity contribution in [3.05, 3.63) is 47.7 Å². The summed E-state index contributed by atoms with van der Waals surface area (Å²) < 4.78 is 5.19. The minimum absolute atomic E-state index is 0.00675. The summed E-state index contributed by atoms with van der Waals surface area (Å²) in [7, 11) is 0. The van der Waals surface area contributed by atoms with Crippen molar-refractivity contribution in [1.82, 2.24) is 0 Å². The molecule has 1 aromatic heterocycles. The quantitative estimate of drug-likeness (QED) is 0.863. The average Bonchev–Trinajstić information content (AvgIpc) is 2.81. The van der Waals surface area contributed by atoms with Gasteiger partial charge in [-0.3, -0.25) is 4.79 Å². The third-order valence-electron chi connectivity index (χ3n) is 2.48. The first-order valence-corrected chi connectivity index (χ1v) is 5.20. The topological polar surface area (TPSA) is 87.7 Å². The average molecular weight is 246 g/mol. The Morgan fingerprint density at radius 2 is 1.94 bits per heavy atom. The number of hydrogen-bond donors (Lipinski definition) is 2. The lowest BCUT2D eigenvalue weighted by Gasteiger charge is -2.05. The van der Waals surface area contributed by atoms with E-state index in [1.54, 1.807) is 18.2 Å². The predicted octanol–water partition coefficient (Wildman–Crippen LogP) is 2.27. The zero-order valence-corrected chi connectivity index (χ0v) is 9.29. The maximum absolute atomic E-state index is 11.0. The van der Waals surface area contributed by atoms with E-state index in [0.29, 0.717) is 11.3 Å². The van der Waals surface area contributed by atoms with E-state index >= 15 is 0 Å². The molecule has 0 fully saturated rings. The smallest absolute Gasteiger partial charge is 0.335 e. The SMILES string of the molecule is O=C(O)Cc1cc(-c2ccco2)ccc1C(=O)O. The van der Waals surface area contributed by atoms with Crippen LogP contribution in [0.25, 0.3) is 11.3 Å². The number of carbonyl (C=O) groups is 2. The van der Waals surface area contributed by atoms with Gasteiger partial charge in [0.15, 0.2) is 0 Å². The second-order valence-electron chi connectivity index (χ2n) is 3.72. The number of hydrogen-bond acceptors (Lipinski definition) is 3. The van der Waals surface area contributed by atoms with Crippen LogP contribution in [0.4, 0.5) is 0 Å². The second-order valence-corrected chi connectivity index (χ2v) is 3.72. The van der Waals surface area contributed by atoms with Crippen LogP contribution in [-0.4, -0.2) is 22.2 Å². The summed E-state index contributed by atoms with van der Waals surface area (Å²) in [6.07, 6.45) is 1.16. The molecule has 2 N–H and O–H groups in total. The number of furan rings is 1. The maximum Gasteiger partial charge on any atom is 0.335 e. The molecule has 5 nitrogen and oxygen atoms in total. The van der Waals surface area contributed by atoms with E-state index in [1.165, 1.54) is 18.4 Å². The van der Waals surface area contributed by atoms with Crippen molar-refractivity contribution in [3.63, 3.8) is 0 Å². The Labute approximate surface area is 102 Å². The van der Waals surface area contributed by atoms with Gasteiger partial charge in [0.1, 0.15) is 5.76 Å². The van der Waals surface area contributed by atoms with Crippen molar-refractivity contribution >= 4 is 11.9 Å². The zero-order chi connectivity index (χ0) is 13.1. The Kier molecular flexibility index (Phi) is 3.14. The predicted molar refractivity (Wildman–Crippen MR) is 62.4 cm³/mol. The van der Waals surface area contributed by atoms with Gasteiger partial charge in [-0.15, -0.1) is 0 Å². The molecule has 0 saturated heterocycles. The van der Waals surface area contributed by atoms with E-state index in [1.807, 2.05) is 0 Å². The van der Waals surface area contributed by atoms with Gasteiger partial charge in [0.2, 0.25) is 0 Å². The summed E-state index contributed by atoms with van der Waals surface area (Å²) >= 11 is 0. The molecule has 2 rings (SSSR count). The Morgan fingerprint density at radius 3 is 2.50 bits per heavy atom. The number of rotatable bonds is 4. The van der Waals surface area contributed by atoms with Gasteiger partial charge in [-0.2, -0.15) is 0 Å². The molecule has 0 aliphatic carbocycles. The number of aromatic carboxylic acids is 1. The molecule has 18 heavy (non-hydrogen) atoms. The molecule has 0 saturated carbocycles. The Hall–Kier alpha value is -2.56. The highest BCUT2D eigenvalue weighted by Crippen LogP contribution is 2.23. The maximum atomic E-state index is 11.0. The summed E-state index contributed by atoms with van der Waals surface area (Å²) in [5.74, 6) is -1.65. The first kappa shape index (κ1) is 11.9. The molecule has 2 aromatic rings. The Bertz CT molecular complexity index is 583. The van der Waals surface area contributed by atoms with Gasteiger partial charge in [0, 0.05) is 5.56 Å². The third-order valence-corrected chi connectivity index (χ3v) is 2.48. The fourth-order valence-corrected chi connectivity index (χ4v) is 1.71. The third kappa shape index (κ3) is 2.40. The molecule has 0 aliphatic rings. The summed E-state index contributed by atoms with van der Waals surface area (Å²) in [4.78, 5) is 21.7. The minimum atomic E-state index is -1.14. The van der Waals surface area contributed by atoms with Gasteiger partial charge in [0.05, 0.1) is 18.2 Å². The highest BCUT2D eigenvalue weighted by Gasteiger charge is 2.14. The van der Waals surface area contributed by atoms with E-state index in [0.717, 1.165) is 0 Å². The van der Waals surface area contributed by atoms with Gasteiger partial charge in [0.25, 0.3) is 0 Å². The molecule has 0 radical (unpaired) electrons. The number of aliphatic carboxylic acids is 1. The van der Waals surface area contributed by atoms with E-state index in [-0.39, 0.29) is 17.5 Å². The molecule has 0 unspecified atom stereocenters. The minimum Gasteiger partial charge on any atom is -0.481 e. The van der Waals surface area contributed by atoms with E-state index < -0.39 is 11.9 Å². The van der Waals surface area contributed by atoms with Gasteiger partial charge in [-0.1, -0.05) is 6.07 Å². The lowest BCUT2D eigenvalue weighted by molar-refractivity contribution is -0.136. The molecular formula is C13H10O5. The number of carboxylic acid groups (broad SMARTS) is 2. The summed E-state index contributed by atoms with van der Waals surface area (Å²) in [5, 5.41) is 17.8. The Balaban J connectivity index is 2.48. The van der Waals surface area contributed by atoms with E-state index in [4.69, 9.17) is 14.6 Å². The molecule has 0 spiro atoms. The fourth-order valence-electron chi connectivity index (χ4n) is 1.71. The highest BCUT2D eigenvalue weighted by molar-refractivity contribution is 5.91. The van der Waals surface area contributed by atoms with Crippen molar-refractivity contribution in [1.29, 1.82) is 0 Å². The van der Waals surface area contributed by atoms with Crippen molar-refractivity contribution in [2.75, 3.05) is 0 Å². The first-order valence-electron chi connectivity index (χ1n) is 5.20. The van der Waals surface area contributed by atoms with Gasteiger partial charge in [-0.05, 0) is 29.8 Å².